The van der Waals surface area contributed by atoms with Crippen molar-refractivity contribution < 1.29 is 9.90 Å². The van der Waals surface area contributed by atoms with Gasteiger partial charge in [-0.2, -0.15) is 9.64 Å². The Hall–Kier alpha value is -3.29. The highest BCUT2D eigenvalue weighted by atomic mass is 35.5. The van der Waals surface area contributed by atoms with E-state index in [1.54, 1.807) is 6.07 Å². The van der Waals surface area contributed by atoms with Crippen LogP contribution in [0.5, 0.6) is 5.75 Å². The number of hydrogen-bond donors (Lipinski definition) is 3. The summed E-state index contributed by atoms with van der Waals surface area (Å²) < 4.78 is 4.11. The SMILES string of the molecule is N#Cc1cc2c(N=Nc3ccc(O)c(NC(N)=O)c3)snc2nc1Cl. The van der Waals surface area contributed by atoms with E-state index >= 15 is 0 Å². The highest BCUT2D eigenvalue weighted by Crippen LogP contribution is 2.34. The Kier molecular flexibility index (Phi) is 4.42. The molecule has 2 aromatic heterocycles. The highest BCUT2D eigenvalue weighted by Gasteiger charge is 2.12. The molecule has 1 aromatic carbocycles. The first-order valence-corrected chi connectivity index (χ1v) is 7.80. The maximum atomic E-state index is 10.9. The van der Waals surface area contributed by atoms with Crippen LogP contribution in [0.4, 0.5) is 21.2 Å². The molecule has 0 saturated heterocycles. The van der Waals surface area contributed by atoms with Gasteiger partial charge in [0.25, 0.3) is 0 Å². The molecule has 124 valence electrons. The number of carbonyl (C=O) groups is 1. The molecule has 0 spiro atoms. The van der Waals surface area contributed by atoms with Crippen LogP contribution in [0.1, 0.15) is 5.56 Å². The van der Waals surface area contributed by atoms with E-state index in [-0.39, 0.29) is 22.2 Å². The molecule has 0 atom stereocenters. The van der Waals surface area contributed by atoms with Gasteiger partial charge in [-0.25, -0.2) is 9.78 Å². The third-order valence-electron chi connectivity index (χ3n) is 3.02. The Morgan fingerprint density at radius 3 is 2.92 bits per heavy atom. The van der Waals surface area contributed by atoms with Gasteiger partial charge in [-0.3, -0.25) is 0 Å². The molecule has 0 aliphatic carbocycles. The number of nitrogens with zero attached hydrogens (tertiary/aromatic N) is 5. The molecule has 3 rings (SSSR count). The van der Waals surface area contributed by atoms with Crippen molar-refractivity contribution in [1.82, 2.24) is 9.36 Å². The first-order valence-electron chi connectivity index (χ1n) is 6.65. The molecule has 0 radical (unpaired) electrons. The second-order valence-corrected chi connectivity index (χ2v) is 5.80. The normalized spacial score (nSPS) is 10.9. The number of nitrogens with two attached hydrogens (primary N) is 1. The fourth-order valence-corrected chi connectivity index (χ4v) is 2.73. The number of halogens is 1. The van der Waals surface area contributed by atoms with Gasteiger partial charge in [0, 0.05) is 0 Å². The summed E-state index contributed by atoms with van der Waals surface area (Å²) >= 11 is 6.92. The summed E-state index contributed by atoms with van der Waals surface area (Å²) in [5, 5.41) is 30.1. The van der Waals surface area contributed by atoms with Crippen LogP contribution in [0.2, 0.25) is 5.15 Å². The third-order valence-corrected chi connectivity index (χ3v) is 4.05. The molecule has 11 heteroatoms. The number of primary amides is 1. The van der Waals surface area contributed by atoms with Crippen molar-refractivity contribution in [3.05, 3.63) is 35.0 Å². The number of pyridine rings is 1. The molecular formula is C14H8ClN7O2S. The minimum atomic E-state index is -0.815. The molecule has 0 aliphatic heterocycles. The molecular weight excluding hydrogens is 366 g/mol. The van der Waals surface area contributed by atoms with Gasteiger partial charge in [-0.1, -0.05) is 11.6 Å². The number of carbonyl (C=O) groups excluding carboxylic acids is 1. The molecule has 0 fully saturated rings. The first kappa shape index (κ1) is 16.6. The minimum Gasteiger partial charge on any atom is -0.506 e. The topological polar surface area (TPSA) is 150 Å². The molecule has 0 aliphatic rings. The quantitative estimate of drug-likeness (QED) is 0.362. The van der Waals surface area contributed by atoms with Gasteiger partial charge in [-0.15, -0.1) is 10.2 Å². The van der Waals surface area contributed by atoms with Gasteiger partial charge in [-0.05, 0) is 35.8 Å². The van der Waals surface area contributed by atoms with Crippen LogP contribution in [-0.2, 0) is 0 Å². The van der Waals surface area contributed by atoms with Crippen LogP contribution < -0.4 is 11.1 Å². The Labute approximate surface area is 149 Å². The fraction of sp³-hybridized carbons (Fsp3) is 0. The van der Waals surface area contributed by atoms with Gasteiger partial charge >= 0.3 is 6.03 Å². The number of nitriles is 1. The lowest BCUT2D eigenvalue weighted by Gasteiger charge is -2.04. The van der Waals surface area contributed by atoms with Crippen molar-refractivity contribution in [2.75, 3.05) is 5.32 Å². The number of fused-ring (bicyclic) bond motifs is 1. The minimum absolute atomic E-state index is 0.0736. The third kappa shape index (κ3) is 3.47. The fourth-order valence-electron chi connectivity index (χ4n) is 1.92. The molecule has 4 N–H and O–H groups in total. The van der Waals surface area contributed by atoms with Crippen molar-refractivity contribution >= 4 is 56.6 Å². The van der Waals surface area contributed by atoms with Crippen LogP contribution in [0, 0.1) is 11.3 Å². The van der Waals surface area contributed by atoms with Gasteiger partial charge < -0.3 is 16.2 Å². The van der Waals surface area contributed by atoms with E-state index in [9.17, 15) is 9.90 Å². The molecule has 0 unspecified atom stereocenters. The number of rotatable bonds is 3. The van der Waals surface area contributed by atoms with Gasteiger partial charge in [0.1, 0.15) is 17.0 Å². The van der Waals surface area contributed by atoms with E-state index in [2.05, 4.69) is 24.9 Å². The Morgan fingerprint density at radius 1 is 1.40 bits per heavy atom. The smallest absolute Gasteiger partial charge is 0.316 e. The summed E-state index contributed by atoms with van der Waals surface area (Å²) in [6, 6.07) is 6.92. The van der Waals surface area contributed by atoms with Crippen molar-refractivity contribution in [3.8, 4) is 11.8 Å². The number of hydrogen-bond acceptors (Lipinski definition) is 8. The predicted octanol–water partition coefficient (Wildman–Crippen LogP) is 3.83. The molecule has 2 heterocycles. The lowest BCUT2D eigenvalue weighted by Crippen LogP contribution is -2.19. The van der Waals surface area contributed by atoms with Gasteiger partial charge in [0.05, 0.1) is 22.3 Å². The van der Waals surface area contributed by atoms with E-state index in [4.69, 9.17) is 22.6 Å². The van der Waals surface area contributed by atoms with Gasteiger partial charge in [0.2, 0.25) is 0 Å². The lowest BCUT2D eigenvalue weighted by molar-refractivity contribution is 0.259. The summed E-state index contributed by atoms with van der Waals surface area (Å²) in [5.41, 5.74) is 6.08. The summed E-state index contributed by atoms with van der Waals surface area (Å²) in [6.07, 6.45) is 0. The molecule has 0 bridgehead atoms. The van der Waals surface area contributed by atoms with E-state index in [0.29, 0.717) is 21.7 Å². The lowest BCUT2D eigenvalue weighted by atomic mass is 10.2. The summed E-state index contributed by atoms with van der Waals surface area (Å²) in [5.74, 6) is -0.154. The zero-order valence-electron chi connectivity index (χ0n) is 12.3. The van der Waals surface area contributed by atoms with E-state index in [1.165, 1.54) is 18.2 Å². The average molecular weight is 374 g/mol. The van der Waals surface area contributed by atoms with Crippen LogP contribution in [0.3, 0.4) is 0 Å². The number of benzene rings is 1. The average Bonchev–Trinajstić information content (AvgIpc) is 2.96. The number of amides is 2. The maximum absolute atomic E-state index is 10.9. The van der Waals surface area contributed by atoms with Crippen molar-refractivity contribution in [2.24, 2.45) is 16.0 Å². The number of aromatic hydroxyl groups is 1. The zero-order chi connectivity index (χ0) is 18.0. The van der Waals surface area contributed by atoms with Crippen molar-refractivity contribution in [3.63, 3.8) is 0 Å². The van der Waals surface area contributed by atoms with E-state index < -0.39 is 6.03 Å². The number of phenolic OH excluding ortho intramolecular Hbond substituents is 1. The van der Waals surface area contributed by atoms with E-state index in [1.807, 2.05) is 6.07 Å². The monoisotopic (exact) mass is 373 g/mol. The Morgan fingerprint density at radius 2 is 2.20 bits per heavy atom. The first-order chi connectivity index (χ1) is 12.0. The maximum Gasteiger partial charge on any atom is 0.316 e. The summed E-state index contributed by atoms with van der Waals surface area (Å²) in [6.45, 7) is 0. The number of urea groups is 1. The van der Waals surface area contributed by atoms with Gasteiger partial charge in [0.15, 0.2) is 10.6 Å². The second kappa shape index (κ2) is 6.68. The molecule has 2 amide bonds. The Bertz CT molecular complexity index is 1060. The molecule has 25 heavy (non-hydrogen) atoms. The zero-order valence-corrected chi connectivity index (χ0v) is 13.8. The number of anilines is 1. The van der Waals surface area contributed by atoms with E-state index in [0.717, 1.165) is 11.5 Å². The van der Waals surface area contributed by atoms with Crippen LogP contribution in [-0.4, -0.2) is 20.5 Å². The van der Waals surface area contributed by atoms with Crippen molar-refractivity contribution in [1.29, 1.82) is 5.26 Å². The van der Waals surface area contributed by atoms with Crippen LogP contribution >= 0.6 is 23.1 Å². The number of aromatic nitrogens is 2. The number of phenols is 1. The summed E-state index contributed by atoms with van der Waals surface area (Å²) in [7, 11) is 0. The Balaban J connectivity index is 1.96. The van der Waals surface area contributed by atoms with Crippen LogP contribution in [0.15, 0.2) is 34.5 Å². The molecule has 3 aromatic rings. The number of azo groups is 1. The van der Waals surface area contributed by atoms with Crippen LogP contribution in [0.25, 0.3) is 11.0 Å². The number of nitrogens with one attached hydrogen (secondary N) is 1. The standard InChI is InChI=1S/C14H8ClN7O2S/c15-11-6(5-16)3-8-12(19-11)22-25-13(8)21-20-7-1-2-10(23)9(4-7)18-14(17)24/h1-4,23H,(H3,17,18,24). The molecule has 0 saturated carbocycles. The highest BCUT2D eigenvalue weighted by molar-refractivity contribution is 7.11. The van der Waals surface area contributed by atoms with Crippen molar-refractivity contribution in [2.45, 2.75) is 0 Å². The second-order valence-electron chi connectivity index (χ2n) is 4.69. The summed E-state index contributed by atoms with van der Waals surface area (Å²) in [4.78, 5) is 14.9. The largest absolute Gasteiger partial charge is 0.506 e. The molecule has 9 nitrogen and oxygen atoms in total. The predicted molar refractivity (Wildman–Crippen MR) is 92.6 cm³/mol.